The van der Waals surface area contributed by atoms with E-state index in [1.165, 1.54) is 0 Å². The number of aromatic hydroxyl groups is 1. The maximum atomic E-state index is 11.7. The van der Waals surface area contributed by atoms with Crippen LogP contribution in [0.5, 0.6) is 5.75 Å². The largest absolute Gasteiger partial charge is 0.508 e. The quantitative estimate of drug-likeness (QED) is 0.716. The maximum Gasteiger partial charge on any atom is 0.255 e. The molecule has 1 aromatic heterocycles. The van der Waals surface area contributed by atoms with Crippen molar-refractivity contribution in [3.8, 4) is 17.0 Å². The van der Waals surface area contributed by atoms with Crippen LogP contribution in [0.2, 0.25) is 0 Å². The summed E-state index contributed by atoms with van der Waals surface area (Å²) in [5.41, 5.74) is 6.93. The highest BCUT2D eigenvalue weighted by atomic mass is 16.3. The third-order valence-corrected chi connectivity index (χ3v) is 2.46. The van der Waals surface area contributed by atoms with Gasteiger partial charge in [-0.15, -0.1) is 0 Å². The van der Waals surface area contributed by atoms with E-state index in [0.717, 1.165) is 0 Å². The zero-order chi connectivity index (χ0) is 12.4. The number of nitrogens with one attached hydrogen (secondary N) is 1. The van der Waals surface area contributed by atoms with E-state index in [0.29, 0.717) is 22.6 Å². The molecule has 0 atom stereocenters. The summed E-state index contributed by atoms with van der Waals surface area (Å²) < 4.78 is 0. The Morgan fingerprint density at radius 2 is 2.24 bits per heavy atom. The van der Waals surface area contributed by atoms with Gasteiger partial charge in [0.1, 0.15) is 11.6 Å². The second-order valence-electron chi connectivity index (χ2n) is 3.73. The molecular weight excluding hydrogens is 218 g/mol. The van der Waals surface area contributed by atoms with Gasteiger partial charge in [-0.05, 0) is 19.1 Å². The van der Waals surface area contributed by atoms with Crippen molar-refractivity contribution in [2.24, 2.45) is 5.73 Å². The molecule has 2 rings (SSSR count). The second-order valence-corrected chi connectivity index (χ2v) is 3.73. The molecule has 4 N–H and O–H groups in total. The van der Waals surface area contributed by atoms with Gasteiger partial charge in [0, 0.05) is 12.1 Å². The summed E-state index contributed by atoms with van der Waals surface area (Å²) in [5, 5.41) is 9.43. The van der Waals surface area contributed by atoms with E-state index < -0.39 is 0 Å². The van der Waals surface area contributed by atoms with E-state index in [4.69, 9.17) is 5.73 Å². The minimum absolute atomic E-state index is 0.105. The molecule has 0 amide bonds. The zero-order valence-electron chi connectivity index (χ0n) is 9.40. The summed E-state index contributed by atoms with van der Waals surface area (Å²) >= 11 is 0. The monoisotopic (exact) mass is 231 g/mol. The number of aryl methyl sites for hydroxylation is 1. The zero-order valence-corrected chi connectivity index (χ0v) is 9.40. The van der Waals surface area contributed by atoms with Crippen molar-refractivity contribution in [2.75, 3.05) is 0 Å². The number of nitrogens with two attached hydrogens (primary N) is 1. The van der Waals surface area contributed by atoms with Crippen LogP contribution in [-0.4, -0.2) is 15.1 Å². The number of aromatic nitrogens is 2. The first-order valence-corrected chi connectivity index (χ1v) is 5.21. The number of H-pyrrole nitrogens is 1. The summed E-state index contributed by atoms with van der Waals surface area (Å²) in [6.07, 6.45) is 0. The highest BCUT2D eigenvalue weighted by molar-refractivity contribution is 5.64. The van der Waals surface area contributed by atoms with Gasteiger partial charge in [0.15, 0.2) is 0 Å². The highest BCUT2D eigenvalue weighted by Gasteiger charge is 2.11. The lowest BCUT2D eigenvalue weighted by Crippen LogP contribution is -2.20. The van der Waals surface area contributed by atoms with Crippen LogP contribution < -0.4 is 11.3 Å². The predicted molar refractivity (Wildman–Crippen MR) is 64.6 cm³/mol. The lowest BCUT2D eigenvalue weighted by molar-refractivity contribution is 0.475. The molecular formula is C12H13N3O2. The summed E-state index contributed by atoms with van der Waals surface area (Å²) in [5.74, 6) is 0.649. The Kier molecular flexibility index (Phi) is 2.93. The molecule has 88 valence electrons. The lowest BCUT2D eigenvalue weighted by atomic mass is 10.1. The van der Waals surface area contributed by atoms with E-state index in [9.17, 15) is 9.90 Å². The van der Waals surface area contributed by atoms with Crippen LogP contribution in [-0.2, 0) is 6.54 Å². The van der Waals surface area contributed by atoms with Gasteiger partial charge in [-0.3, -0.25) is 4.79 Å². The normalized spacial score (nSPS) is 10.5. The van der Waals surface area contributed by atoms with Crippen LogP contribution in [0.4, 0.5) is 0 Å². The van der Waals surface area contributed by atoms with Crippen molar-refractivity contribution in [3.63, 3.8) is 0 Å². The first-order valence-electron chi connectivity index (χ1n) is 5.21. The molecule has 0 aliphatic carbocycles. The summed E-state index contributed by atoms with van der Waals surface area (Å²) in [6.45, 7) is 1.81. The Morgan fingerprint density at radius 3 is 2.88 bits per heavy atom. The molecule has 2 aromatic rings. The molecule has 0 aliphatic heterocycles. The number of hydrogen-bond acceptors (Lipinski definition) is 4. The van der Waals surface area contributed by atoms with Gasteiger partial charge in [0.25, 0.3) is 5.56 Å². The molecule has 1 heterocycles. The molecule has 0 saturated carbocycles. The standard InChI is InChI=1S/C12H13N3O2/c1-7-14-11(10(6-13)12(17)15-7)8-3-2-4-9(16)5-8/h2-5,16H,6,13H2,1H3,(H,14,15,17). The van der Waals surface area contributed by atoms with Gasteiger partial charge in [0.05, 0.1) is 11.3 Å². The van der Waals surface area contributed by atoms with Crippen molar-refractivity contribution in [3.05, 3.63) is 46.0 Å². The van der Waals surface area contributed by atoms with Gasteiger partial charge < -0.3 is 15.8 Å². The molecule has 0 unspecified atom stereocenters. The molecule has 5 heteroatoms. The minimum Gasteiger partial charge on any atom is -0.508 e. The third kappa shape index (κ3) is 2.19. The smallest absolute Gasteiger partial charge is 0.255 e. The maximum absolute atomic E-state index is 11.7. The van der Waals surface area contributed by atoms with Gasteiger partial charge >= 0.3 is 0 Å². The fraction of sp³-hybridized carbons (Fsp3) is 0.167. The Labute approximate surface area is 98.0 Å². The highest BCUT2D eigenvalue weighted by Crippen LogP contribution is 2.22. The molecule has 0 bridgehead atoms. The lowest BCUT2D eigenvalue weighted by Gasteiger charge is -2.07. The van der Waals surface area contributed by atoms with Crippen molar-refractivity contribution in [1.29, 1.82) is 0 Å². The fourth-order valence-electron chi connectivity index (χ4n) is 1.69. The Balaban J connectivity index is 2.70. The fourth-order valence-corrected chi connectivity index (χ4v) is 1.69. The average Bonchev–Trinajstić information content (AvgIpc) is 2.28. The number of nitrogens with zero attached hydrogens (tertiary/aromatic N) is 1. The van der Waals surface area contributed by atoms with Crippen molar-refractivity contribution < 1.29 is 5.11 Å². The Morgan fingerprint density at radius 1 is 1.47 bits per heavy atom. The summed E-state index contributed by atoms with van der Waals surface area (Å²) in [7, 11) is 0. The second kappa shape index (κ2) is 4.39. The predicted octanol–water partition coefficient (Wildman–Crippen LogP) is 0.910. The number of benzene rings is 1. The van der Waals surface area contributed by atoms with Crippen LogP contribution >= 0.6 is 0 Å². The third-order valence-electron chi connectivity index (χ3n) is 2.46. The minimum atomic E-state index is -0.238. The molecule has 5 nitrogen and oxygen atoms in total. The van der Waals surface area contributed by atoms with Crippen LogP contribution in [0.3, 0.4) is 0 Å². The van der Waals surface area contributed by atoms with Crippen molar-refractivity contribution in [2.45, 2.75) is 13.5 Å². The topological polar surface area (TPSA) is 92.0 Å². The molecule has 0 fully saturated rings. The number of rotatable bonds is 2. The molecule has 0 aliphatic rings. The number of phenols is 1. The van der Waals surface area contributed by atoms with Gasteiger partial charge in [-0.1, -0.05) is 12.1 Å². The molecule has 1 aromatic carbocycles. The van der Waals surface area contributed by atoms with Crippen molar-refractivity contribution in [1.82, 2.24) is 9.97 Å². The molecule has 0 spiro atoms. The molecule has 0 radical (unpaired) electrons. The number of phenolic OH excluding ortho intramolecular Hbond substituents is 1. The van der Waals surface area contributed by atoms with Gasteiger partial charge in [-0.25, -0.2) is 4.98 Å². The SMILES string of the molecule is Cc1nc(-c2cccc(O)c2)c(CN)c(=O)[nH]1. The first kappa shape index (κ1) is 11.3. The molecule has 0 saturated heterocycles. The molecule has 17 heavy (non-hydrogen) atoms. The Bertz CT molecular complexity index is 605. The van der Waals surface area contributed by atoms with E-state index in [2.05, 4.69) is 9.97 Å². The average molecular weight is 231 g/mol. The number of hydrogen-bond donors (Lipinski definition) is 3. The summed E-state index contributed by atoms with van der Waals surface area (Å²) in [4.78, 5) is 18.6. The van der Waals surface area contributed by atoms with Crippen LogP contribution in [0.1, 0.15) is 11.4 Å². The van der Waals surface area contributed by atoms with Crippen molar-refractivity contribution >= 4 is 0 Å². The van der Waals surface area contributed by atoms with Crippen LogP contribution in [0, 0.1) is 6.92 Å². The van der Waals surface area contributed by atoms with Crippen LogP contribution in [0.15, 0.2) is 29.1 Å². The summed E-state index contributed by atoms with van der Waals surface area (Å²) in [6, 6.07) is 6.59. The van der Waals surface area contributed by atoms with Gasteiger partial charge in [-0.2, -0.15) is 0 Å². The van der Waals surface area contributed by atoms with Gasteiger partial charge in [0.2, 0.25) is 0 Å². The van der Waals surface area contributed by atoms with E-state index in [1.807, 2.05) is 0 Å². The van der Waals surface area contributed by atoms with E-state index in [-0.39, 0.29) is 17.9 Å². The van der Waals surface area contributed by atoms with Crippen LogP contribution in [0.25, 0.3) is 11.3 Å². The number of aromatic amines is 1. The van der Waals surface area contributed by atoms with E-state index in [1.54, 1.807) is 31.2 Å². The Hall–Kier alpha value is -2.14. The van der Waals surface area contributed by atoms with E-state index >= 15 is 0 Å². The first-order chi connectivity index (χ1) is 8.11.